The first-order chi connectivity index (χ1) is 16.8. The van der Waals surface area contributed by atoms with Gasteiger partial charge in [0.1, 0.15) is 11.5 Å². The maximum Gasteiger partial charge on any atom is 0.170 e. The van der Waals surface area contributed by atoms with Crippen molar-refractivity contribution in [3.63, 3.8) is 0 Å². The molecule has 6 nitrogen and oxygen atoms in total. The largest absolute Gasteiger partial charge is 0.396 e. The van der Waals surface area contributed by atoms with Crippen molar-refractivity contribution in [2.24, 2.45) is 5.92 Å². The number of hydrogen-bond donors (Lipinski definition) is 2. The van der Waals surface area contributed by atoms with Crippen molar-refractivity contribution in [2.45, 2.75) is 66.7 Å². The molecule has 3 rings (SSSR count). The van der Waals surface area contributed by atoms with Gasteiger partial charge in [-0.15, -0.1) is 0 Å². The lowest BCUT2D eigenvalue weighted by Crippen LogP contribution is -2.04. The summed E-state index contributed by atoms with van der Waals surface area (Å²) in [5.74, 6) is 1.19. The highest BCUT2D eigenvalue weighted by Gasteiger charge is 2.14. The van der Waals surface area contributed by atoms with Crippen LogP contribution in [0, 0.1) is 18.7 Å². The number of nitrogens with zero attached hydrogens (tertiary/aromatic N) is 3. The first kappa shape index (κ1) is 29.7. The Kier molecular flexibility index (Phi) is 13.2. The zero-order valence-electron chi connectivity index (χ0n) is 22.1. The van der Waals surface area contributed by atoms with Gasteiger partial charge in [-0.2, -0.15) is 0 Å². The standard InChI is InChI=1S/C14H24N2.C12H10FN3O.C2H6/c1-5-12(7-6-11(2)3)13-8-9-16-10-14(13)15-4;1-7-3-2-4-8(13)11(7)12-15-5-9(14)10(6-17)16-12;1-2/h8-12,15H,5-7H2,1-4H3;2-6H,14H2,1H3;1-2H3. The molecule has 0 amide bonds. The van der Waals surface area contributed by atoms with E-state index in [1.54, 1.807) is 19.1 Å². The van der Waals surface area contributed by atoms with Gasteiger partial charge in [-0.05, 0) is 54.9 Å². The lowest BCUT2D eigenvalue weighted by atomic mass is 9.89. The van der Waals surface area contributed by atoms with E-state index in [1.165, 1.54) is 42.8 Å². The molecule has 0 aliphatic rings. The number of nitrogens with two attached hydrogens (primary N) is 1. The summed E-state index contributed by atoms with van der Waals surface area (Å²) < 4.78 is 13.7. The Morgan fingerprint density at radius 1 is 1.14 bits per heavy atom. The monoisotopic (exact) mass is 481 g/mol. The lowest BCUT2D eigenvalue weighted by Gasteiger charge is -2.19. The maximum atomic E-state index is 13.7. The molecule has 190 valence electrons. The van der Waals surface area contributed by atoms with Crippen LogP contribution in [-0.4, -0.2) is 28.3 Å². The minimum absolute atomic E-state index is 0.0673. The molecular formula is C28H40FN5O. The SMILES string of the molecule is CC.CCC(CCC(C)C)c1ccncc1NC.Cc1cccc(F)c1-c1ncc(N)c(C=O)n1. The van der Waals surface area contributed by atoms with Crippen LogP contribution in [0.2, 0.25) is 0 Å². The van der Waals surface area contributed by atoms with E-state index < -0.39 is 5.82 Å². The van der Waals surface area contributed by atoms with E-state index in [0.29, 0.717) is 17.8 Å². The second-order valence-corrected chi connectivity index (χ2v) is 8.37. The molecule has 3 N–H and O–H groups in total. The third-order valence-corrected chi connectivity index (χ3v) is 5.55. The summed E-state index contributed by atoms with van der Waals surface area (Å²) in [5.41, 5.74) is 9.33. The van der Waals surface area contributed by atoms with Crippen LogP contribution in [0.15, 0.2) is 42.9 Å². The molecule has 7 heteroatoms. The summed E-state index contributed by atoms with van der Waals surface area (Å²) in [6.45, 7) is 12.6. The summed E-state index contributed by atoms with van der Waals surface area (Å²) in [5, 5.41) is 3.24. The normalized spacial score (nSPS) is 11.0. The Morgan fingerprint density at radius 3 is 2.43 bits per heavy atom. The van der Waals surface area contributed by atoms with E-state index in [1.807, 2.05) is 33.3 Å². The average Bonchev–Trinajstić information content (AvgIpc) is 2.87. The topological polar surface area (TPSA) is 93.8 Å². The predicted octanol–water partition coefficient (Wildman–Crippen LogP) is 7.07. The highest BCUT2D eigenvalue weighted by Crippen LogP contribution is 2.31. The number of nitrogen functional groups attached to an aromatic ring is 1. The molecule has 0 spiro atoms. The van der Waals surface area contributed by atoms with Crippen LogP contribution in [0.3, 0.4) is 0 Å². The van der Waals surface area contributed by atoms with E-state index in [0.717, 1.165) is 5.92 Å². The van der Waals surface area contributed by atoms with Gasteiger partial charge in [-0.3, -0.25) is 9.78 Å². The molecular weight excluding hydrogens is 441 g/mol. The molecule has 1 aromatic carbocycles. The molecule has 0 bridgehead atoms. The summed E-state index contributed by atoms with van der Waals surface area (Å²) in [6, 6.07) is 6.83. The predicted molar refractivity (Wildman–Crippen MR) is 144 cm³/mol. The fourth-order valence-electron chi connectivity index (χ4n) is 3.62. The van der Waals surface area contributed by atoms with Crippen molar-refractivity contribution in [3.8, 4) is 11.4 Å². The number of carbonyl (C=O) groups excluding carboxylic acids is 1. The molecule has 1 unspecified atom stereocenters. The van der Waals surface area contributed by atoms with Gasteiger partial charge in [0.05, 0.1) is 29.3 Å². The molecule has 3 aromatic rings. The number of hydrogen-bond acceptors (Lipinski definition) is 6. The first-order valence-corrected chi connectivity index (χ1v) is 12.3. The Bertz CT molecular complexity index is 1040. The van der Waals surface area contributed by atoms with Crippen LogP contribution in [-0.2, 0) is 0 Å². The van der Waals surface area contributed by atoms with Gasteiger partial charge in [0.15, 0.2) is 12.1 Å². The third-order valence-electron chi connectivity index (χ3n) is 5.55. The summed E-state index contributed by atoms with van der Waals surface area (Å²) in [4.78, 5) is 22.8. The van der Waals surface area contributed by atoms with E-state index in [2.05, 4.69) is 47.1 Å². The molecule has 0 saturated carbocycles. The van der Waals surface area contributed by atoms with E-state index in [9.17, 15) is 9.18 Å². The number of halogens is 1. The van der Waals surface area contributed by atoms with Crippen LogP contribution in [0.25, 0.3) is 11.4 Å². The minimum Gasteiger partial charge on any atom is -0.396 e. The lowest BCUT2D eigenvalue weighted by molar-refractivity contribution is 0.112. The van der Waals surface area contributed by atoms with Crippen molar-refractivity contribution in [1.82, 2.24) is 15.0 Å². The quantitative estimate of drug-likeness (QED) is 0.334. The Morgan fingerprint density at radius 2 is 1.86 bits per heavy atom. The molecule has 0 fully saturated rings. The fraction of sp³-hybridized carbons (Fsp3) is 0.429. The molecule has 2 heterocycles. The van der Waals surface area contributed by atoms with Crippen molar-refractivity contribution in [3.05, 3.63) is 65.5 Å². The number of aldehydes is 1. The Balaban J connectivity index is 0.000000328. The van der Waals surface area contributed by atoms with Crippen molar-refractivity contribution in [1.29, 1.82) is 0 Å². The number of anilines is 2. The van der Waals surface area contributed by atoms with Crippen LogP contribution < -0.4 is 11.1 Å². The van der Waals surface area contributed by atoms with Gasteiger partial charge in [0.25, 0.3) is 0 Å². The van der Waals surface area contributed by atoms with Gasteiger partial charge in [-0.25, -0.2) is 14.4 Å². The Labute approximate surface area is 209 Å². The summed E-state index contributed by atoms with van der Waals surface area (Å²) in [6.07, 6.45) is 9.42. The van der Waals surface area contributed by atoms with E-state index >= 15 is 0 Å². The van der Waals surface area contributed by atoms with Crippen LogP contribution >= 0.6 is 0 Å². The van der Waals surface area contributed by atoms with Gasteiger partial charge >= 0.3 is 0 Å². The van der Waals surface area contributed by atoms with Gasteiger partial charge in [0.2, 0.25) is 0 Å². The summed E-state index contributed by atoms with van der Waals surface area (Å²) in [7, 11) is 1.97. The molecule has 2 aromatic heterocycles. The number of rotatable bonds is 8. The highest BCUT2D eigenvalue weighted by atomic mass is 19.1. The summed E-state index contributed by atoms with van der Waals surface area (Å²) >= 11 is 0. The number of aromatic nitrogens is 3. The van der Waals surface area contributed by atoms with E-state index in [4.69, 9.17) is 5.73 Å². The number of carbonyl (C=O) groups is 1. The van der Waals surface area contributed by atoms with Crippen molar-refractivity contribution < 1.29 is 9.18 Å². The van der Waals surface area contributed by atoms with Gasteiger partial charge in [0, 0.05) is 13.2 Å². The van der Waals surface area contributed by atoms with Crippen molar-refractivity contribution in [2.75, 3.05) is 18.1 Å². The molecule has 0 aliphatic carbocycles. The van der Waals surface area contributed by atoms with Crippen LogP contribution in [0.5, 0.6) is 0 Å². The second-order valence-electron chi connectivity index (χ2n) is 8.37. The molecule has 0 aliphatic heterocycles. The highest BCUT2D eigenvalue weighted by molar-refractivity contribution is 5.81. The molecule has 1 atom stereocenters. The van der Waals surface area contributed by atoms with E-state index in [-0.39, 0.29) is 22.8 Å². The molecule has 35 heavy (non-hydrogen) atoms. The Hall–Kier alpha value is -3.35. The molecule has 0 radical (unpaired) electrons. The number of benzene rings is 1. The zero-order valence-corrected chi connectivity index (χ0v) is 22.1. The second kappa shape index (κ2) is 15.5. The smallest absolute Gasteiger partial charge is 0.170 e. The van der Waals surface area contributed by atoms with Crippen LogP contribution in [0.4, 0.5) is 15.8 Å². The maximum absolute atomic E-state index is 13.7. The average molecular weight is 482 g/mol. The van der Waals surface area contributed by atoms with Crippen molar-refractivity contribution >= 4 is 17.7 Å². The first-order valence-electron chi connectivity index (χ1n) is 12.3. The fourth-order valence-corrected chi connectivity index (χ4v) is 3.62. The zero-order chi connectivity index (χ0) is 26.4. The third kappa shape index (κ3) is 8.74. The van der Waals surface area contributed by atoms with Crippen LogP contribution in [0.1, 0.15) is 81.4 Å². The van der Waals surface area contributed by atoms with Gasteiger partial charge in [-0.1, -0.05) is 53.2 Å². The molecule has 0 saturated heterocycles. The number of nitrogens with one attached hydrogen (secondary N) is 1. The number of aryl methyl sites for hydroxylation is 1. The number of pyridine rings is 1. The van der Waals surface area contributed by atoms with Gasteiger partial charge < -0.3 is 11.1 Å². The minimum atomic E-state index is -0.424.